The molecule has 0 aromatic heterocycles. The highest BCUT2D eigenvalue weighted by Gasteiger charge is 2.12. The van der Waals surface area contributed by atoms with E-state index in [1.165, 1.54) is 19.2 Å². The third-order valence-electron chi connectivity index (χ3n) is 2.86. The fourth-order valence-electron chi connectivity index (χ4n) is 1.86. The molecule has 108 valence electrons. The molecule has 0 aliphatic rings. The normalized spacial score (nSPS) is 10.0. The van der Waals surface area contributed by atoms with Crippen LogP contribution in [0.3, 0.4) is 0 Å². The quantitative estimate of drug-likeness (QED) is 0.674. The Morgan fingerprint density at radius 2 is 1.81 bits per heavy atom. The molecule has 6 heteroatoms. The van der Waals surface area contributed by atoms with Crippen LogP contribution in [-0.4, -0.2) is 18.2 Å². The number of thiocarbonyl (C=S) groups is 1. The lowest BCUT2D eigenvalue weighted by atomic mass is 10.0. The van der Waals surface area contributed by atoms with E-state index >= 15 is 0 Å². The lowest BCUT2D eigenvalue weighted by Crippen LogP contribution is -2.18. The Kier molecular flexibility index (Phi) is 4.49. The summed E-state index contributed by atoms with van der Waals surface area (Å²) >= 11 is 4.74. The lowest BCUT2D eigenvalue weighted by Gasteiger charge is -2.07. The van der Waals surface area contributed by atoms with Crippen LogP contribution in [0.4, 0.5) is 10.1 Å². The molecule has 4 nitrogen and oxygen atoms in total. The number of hydrogen-bond donors (Lipinski definition) is 2. The zero-order chi connectivity index (χ0) is 15.4. The second-order valence-electron chi connectivity index (χ2n) is 4.25. The Bertz CT molecular complexity index is 687. The minimum absolute atomic E-state index is 0.0898. The maximum Gasteiger partial charge on any atom is 0.340 e. The Morgan fingerprint density at radius 1 is 1.19 bits per heavy atom. The Morgan fingerprint density at radius 3 is 2.33 bits per heavy atom. The number of rotatable bonds is 3. The van der Waals surface area contributed by atoms with E-state index in [1.54, 1.807) is 30.3 Å². The number of hydrogen-bond acceptors (Lipinski definition) is 3. The summed E-state index contributed by atoms with van der Waals surface area (Å²) in [5.74, 6) is -1.32. The summed E-state index contributed by atoms with van der Waals surface area (Å²) in [6, 6.07) is 11.5. The first-order valence-electron chi connectivity index (χ1n) is 6.06. The van der Waals surface area contributed by atoms with Crippen LogP contribution in [0.25, 0.3) is 11.1 Å². The molecule has 0 spiro atoms. The van der Waals surface area contributed by atoms with Gasteiger partial charge in [-0.2, -0.15) is 0 Å². The van der Waals surface area contributed by atoms with Gasteiger partial charge in [0.25, 0.3) is 0 Å². The Balaban J connectivity index is 2.28. The van der Waals surface area contributed by atoms with Crippen LogP contribution in [-0.2, 0) is 4.74 Å². The first kappa shape index (κ1) is 14.9. The lowest BCUT2D eigenvalue weighted by molar-refractivity contribution is 0.0595. The van der Waals surface area contributed by atoms with Gasteiger partial charge in [-0.3, -0.25) is 0 Å². The smallest absolute Gasteiger partial charge is 0.340 e. The number of esters is 1. The number of methoxy groups -OCH3 is 1. The molecule has 0 unspecified atom stereocenters. The average molecular weight is 304 g/mol. The van der Waals surface area contributed by atoms with E-state index in [9.17, 15) is 9.18 Å². The summed E-state index contributed by atoms with van der Waals surface area (Å²) in [5.41, 5.74) is 7.50. The number of benzene rings is 2. The van der Waals surface area contributed by atoms with Crippen molar-refractivity contribution in [1.29, 1.82) is 0 Å². The molecule has 0 amide bonds. The topological polar surface area (TPSA) is 64.3 Å². The van der Waals surface area contributed by atoms with Gasteiger partial charge in [0.15, 0.2) is 5.11 Å². The van der Waals surface area contributed by atoms with Gasteiger partial charge in [0.05, 0.1) is 12.7 Å². The first-order chi connectivity index (χ1) is 10.0. The molecular formula is C15H13FN2O2S. The van der Waals surface area contributed by atoms with Crippen LogP contribution in [0, 0.1) is 5.82 Å². The third kappa shape index (κ3) is 3.55. The van der Waals surface area contributed by atoms with Crippen molar-refractivity contribution in [3.8, 4) is 11.1 Å². The van der Waals surface area contributed by atoms with Gasteiger partial charge < -0.3 is 15.8 Å². The maximum absolute atomic E-state index is 13.9. The first-order valence-corrected chi connectivity index (χ1v) is 6.47. The van der Waals surface area contributed by atoms with E-state index in [2.05, 4.69) is 10.1 Å². The van der Waals surface area contributed by atoms with Crippen molar-refractivity contribution in [1.82, 2.24) is 0 Å². The fraction of sp³-hybridized carbons (Fsp3) is 0.0667. The van der Waals surface area contributed by atoms with Gasteiger partial charge in [-0.25, -0.2) is 9.18 Å². The SMILES string of the molecule is COC(=O)c1ccc(-c2ccc(NC(N)=S)cc2)cc1F. The van der Waals surface area contributed by atoms with Crippen LogP contribution in [0.1, 0.15) is 10.4 Å². The maximum atomic E-state index is 13.9. The predicted octanol–water partition coefficient (Wildman–Crippen LogP) is 2.93. The molecule has 0 bridgehead atoms. The van der Waals surface area contributed by atoms with Gasteiger partial charge in [0.2, 0.25) is 0 Å². The van der Waals surface area contributed by atoms with Crippen molar-refractivity contribution < 1.29 is 13.9 Å². The summed E-state index contributed by atoms with van der Waals surface area (Å²) in [5, 5.41) is 2.98. The van der Waals surface area contributed by atoms with Crippen LogP contribution >= 0.6 is 12.2 Å². The van der Waals surface area contributed by atoms with Crippen molar-refractivity contribution in [2.24, 2.45) is 5.73 Å². The zero-order valence-corrected chi connectivity index (χ0v) is 12.0. The Hall–Kier alpha value is -2.47. The predicted molar refractivity (Wildman–Crippen MR) is 83.6 cm³/mol. The molecule has 0 saturated heterocycles. The zero-order valence-electron chi connectivity index (χ0n) is 11.2. The van der Waals surface area contributed by atoms with Gasteiger partial charge in [-0.1, -0.05) is 18.2 Å². The van der Waals surface area contributed by atoms with E-state index < -0.39 is 11.8 Å². The molecule has 0 fully saturated rings. The summed E-state index contributed by atoms with van der Waals surface area (Å²) in [6.07, 6.45) is 0. The number of carbonyl (C=O) groups is 1. The highest BCUT2D eigenvalue weighted by molar-refractivity contribution is 7.80. The monoisotopic (exact) mass is 304 g/mol. The molecule has 2 rings (SSSR count). The van der Waals surface area contributed by atoms with Gasteiger partial charge in [-0.05, 0) is 47.6 Å². The van der Waals surface area contributed by atoms with Gasteiger partial charge in [-0.15, -0.1) is 0 Å². The average Bonchev–Trinajstić information content (AvgIpc) is 2.46. The van der Waals surface area contributed by atoms with Crippen molar-refractivity contribution in [2.45, 2.75) is 0 Å². The number of nitrogens with one attached hydrogen (secondary N) is 1. The van der Waals surface area contributed by atoms with E-state index in [0.29, 0.717) is 5.56 Å². The molecule has 0 atom stereocenters. The second kappa shape index (κ2) is 6.32. The van der Waals surface area contributed by atoms with Crippen LogP contribution in [0.2, 0.25) is 0 Å². The summed E-state index contributed by atoms with van der Waals surface area (Å²) in [7, 11) is 1.21. The van der Waals surface area contributed by atoms with Gasteiger partial charge in [0, 0.05) is 5.69 Å². The van der Waals surface area contributed by atoms with Crippen LogP contribution < -0.4 is 11.1 Å². The highest BCUT2D eigenvalue weighted by atomic mass is 32.1. The summed E-state index contributed by atoms with van der Waals surface area (Å²) in [6.45, 7) is 0. The van der Waals surface area contributed by atoms with Gasteiger partial charge in [0.1, 0.15) is 5.82 Å². The van der Waals surface area contributed by atoms with Crippen LogP contribution in [0.15, 0.2) is 42.5 Å². The van der Waals surface area contributed by atoms with E-state index in [0.717, 1.165) is 11.3 Å². The molecular weight excluding hydrogens is 291 g/mol. The molecule has 0 radical (unpaired) electrons. The molecule has 0 aliphatic heterocycles. The standard InChI is InChI=1S/C15H13FN2O2S/c1-20-14(19)12-7-4-10(8-13(12)16)9-2-5-11(6-3-9)18-15(17)21/h2-8H,1H3,(H3,17,18,21). The van der Waals surface area contributed by atoms with E-state index in [1.807, 2.05) is 0 Å². The molecule has 2 aromatic carbocycles. The minimum Gasteiger partial charge on any atom is -0.465 e. The second-order valence-corrected chi connectivity index (χ2v) is 4.69. The summed E-state index contributed by atoms with van der Waals surface area (Å²) < 4.78 is 18.4. The minimum atomic E-state index is -0.699. The van der Waals surface area contributed by atoms with Crippen molar-refractivity contribution >= 4 is 29.0 Å². The number of anilines is 1. The molecule has 0 heterocycles. The molecule has 0 aliphatic carbocycles. The van der Waals surface area contributed by atoms with E-state index in [-0.39, 0.29) is 10.7 Å². The molecule has 0 saturated carbocycles. The number of halogens is 1. The molecule has 3 N–H and O–H groups in total. The van der Waals surface area contributed by atoms with Gasteiger partial charge >= 0.3 is 5.97 Å². The van der Waals surface area contributed by atoms with Crippen molar-refractivity contribution in [3.63, 3.8) is 0 Å². The Labute approximate surface area is 126 Å². The van der Waals surface area contributed by atoms with E-state index in [4.69, 9.17) is 18.0 Å². The summed E-state index contributed by atoms with van der Waals surface area (Å²) in [4.78, 5) is 11.3. The number of nitrogens with two attached hydrogens (primary N) is 1. The van der Waals surface area contributed by atoms with Crippen molar-refractivity contribution in [2.75, 3.05) is 12.4 Å². The largest absolute Gasteiger partial charge is 0.465 e. The van der Waals surface area contributed by atoms with Crippen LogP contribution in [0.5, 0.6) is 0 Å². The van der Waals surface area contributed by atoms with Crippen molar-refractivity contribution in [3.05, 3.63) is 53.8 Å². The molecule has 2 aromatic rings. The molecule has 21 heavy (non-hydrogen) atoms. The number of carbonyl (C=O) groups excluding carboxylic acids is 1. The third-order valence-corrected chi connectivity index (χ3v) is 2.96. The number of ether oxygens (including phenoxy) is 1. The fourth-order valence-corrected chi connectivity index (χ4v) is 1.98. The highest BCUT2D eigenvalue weighted by Crippen LogP contribution is 2.24.